The van der Waals surface area contributed by atoms with E-state index < -0.39 is 11.8 Å². The van der Waals surface area contributed by atoms with Gasteiger partial charge in [-0.25, -0.2) is 0 Å². The minimum atomic E-state index is -0.631. The summed E-state index contributed by atoms with van der Waals surface area (Å²) in [5, 5.41) is 8.11. The van der Waals surface area contributed by atoms with Crippen LogP contribution in [0.25, 0.3) is 0 Å². The van der Waals surface area contributed by atoms with Crippen LogP contribution in [0, 0.1) is 0 Å². The molecule has 0 bridgehead atoms. The second-order valence-electron chi connectivity index (χ2n) is 6.36. The lowest BCUT2D eigenvalue weighted by molar-refractivity contribution is -0.139. The van der Waals surface area contributed by atoms with Crippen molar-refractivity contribution >= 4 is 34.8 Å². The Morgan fingerprint density at radius 3 is 2.42 bits per heavy atom. The van der Waals surface area contributed by atoms with Gasteiger partial charge < -0.3 is 15.4 Å². The highest BCUT2D eigenvalue weighted by Crippen LogP contribution is 2.36. The third-order valence-electron chi connectivity index (χ3n) is 4.65. The molecule has 2 N–H and O–H groups in total. The summed E-state index contributed by atoms with van der Waals surface area (Å²) in [5.74, 6) is -1.24. The summed E-state index contributed by atoms with van der Waals surface area (Å²) < 4.78 is 5.48. The number of carbonyl (C=O) groups is 2. The van der Waals surface area contributed by atoms with Crippen molar-refractivity contribution < 1.29 is 14.3 Å². The first-order chi connectivity index (χ1) is 12.6. The fourth-order valence-corrected chi connectivity index (χ4v) is 4.16. The molecule has 0 saturated carbocycles. The zero-order valence-electron chi connectivity index (χ0n) is 14.3. The summed E-state index contributed by atoms with van der Waals surface area (Å²) in [7, 11) is 0. The average molecular weight is 393 g/mol. The van der Waals surface area contributed by atoms with E-state index in [1.165, 1.54) is 4.88 Å². The molecule has 1 aromatic heterocycles. The molecule has 7 heteroatoms. The number of nitrogens with one attached hydrogen (secondary N) is 2. The second-order valence-corrected chi connectivity index (χ2v) is 7.75. The van der Waals surface area contributed by atoms with Crippen molar-refractivity contribution in [3.8, 4) is 0 Å². The Kier molecular flexibility index (Phi) is 6.29. The molecule has 1 aliphatic rings. The Morgan fingerprint density at radius 2 is 1.77 bits per heavy atom. The predicted molar refractivity (Wildman–Crippen MR) is 102 cm³/mol. The largest absolute Gasteiger partial charge is 0.381 e. The summed E-state index contributed by atoms with van der Waals surface area (Å²) in [6, 6.07) is 11.2. The molecule has 2 amide bonds. The first-order valence-electron chi connectivity index (χ1n) is 8.51. The molecule has 1 fully saturated rings. The van der Waals surface area contributed by atoms with Gasteiger partial charge in [0.15, 0.2) is 0 Å². The van der Waals surface area contributed by atoms with Crippen molar-refractivity contribution in [3.63, 3.8) is 0 Å². The molecule has 1 aliphatic heterocycles. The van der Waals surface area contributed by atoms with Crippen molar-refractivity contribution in [3.05, 3.63) is 57.2 Å². The molecule has 5 nitrogen and oxygen atoms in total. The zero-order chi connectivity index (χ0) is 18.4. The summed E-state index contributed by atoms with van der Waals surface area (Å²) in [5.41, 5.74) is 0.730. The molecular formula is C19H21ClN2O3S. The smallest absolute Gasteiger partial charge is 0.309 e. The quantitative estimate of drug-likeness (QED) is 0.769. The van der Waals surface area contributed by atoms with Crippen LogP contribution < -0.4 is 10.6 Å². The van der Waals surface area contributed by atoms with Crippen LogP contribution in [-0.4, -0.2) is 31.6 Å². The lowest BCUT2D eigenvalue weighted by Crippen LogP contribution is -2.48. The van der Waals surface area contributed by atoms with Crippen molar-refractivity contribution in [2.45, 2.75) is 24.8 Å². The first kappa shape index (κ1) is 18.9. The lowest BCUT2D eigenvalue weighted by Gasteiger charge is -2.36. The molecule has 0 unspecified atom stereocenters. The van der Waals surface area contributed by atoms with Crippen LogP contribution >= 0.6 is 22.9 Å². The number of hydrogen-bond acceptors (Lipinski definition) is 4. The van der Waals surface area contributed by atoms with Crippen LogP contribution in [0.1, 0.15) is 23.3 Å². The van der Waals surface area contributed by atoms with E-state index in [4.69, 9.17) is 16.3 Å². The topological polar surface area (TPSA) is 67.4 Å². The average Bonchev–Trinajstić information content (AvgIpc) is 3.21. The van der Waals surface area contributed by atoms with E-state index >= 15 is 0 Å². The Hall–Kier alpha value is -1.89. The zero-order valence-corrected chi connectivity index (χ0v) is 15.9. The van der Waals surface area contributed by atoms with Gasteiger partial charge in [-0.2, -0.15) is 0 Å². The van der Waals surface area contributed by atoms with E-state index in [0.717, 1.165) is 18.4 Å². The molecule has 0 aliphatic carbocycles. The van der Waals surface area contributed by atoms with Crippen LogP contribution in [0.4, 0.5) is 0 Å². The number of rotatable bonds is 5. The predicted octanol–water partition coefficient (Wildman–Crippen LogP) is 2.88. The lowest BCUT2D eigenvalue weighted by atomic mass is 9.78. The summed E-state index contributed by atoms with van der Waals surface area (Å²) >= 11 is 7.51. The molecule has 2 heterocycles. The molecule has 26 heavy (non-hydrogen) atoms. The van der Waals surface area contributed by atoms with E-state index in [1.807, 2.05) is 23.6 Å². The molecule has 0 spiro atoms. The highest BCUT2D eigenvalue weighted by Gasteiger charge is 2.36. The fourth-order valence-electron chi connectivity index (χ4n) is 3.05. The van der Waals surface area contributed by atoms with Crippen molar-refractivity contribution in [2.75, 3.05) is 19.8 Å². The standard InChI is InChI=1S/C19H21ClN2O3S/c20-15-5-3-14(4-6-15)12-21-17(23)18(24)22-13-19(7-9-25-10-8-19)16-2-1-11-26-16/h1-6,11H,7-10,12-13H2,(H,21,23)(H,22,24). The molecule has 1 saturated heterocycles. The molecule has 1 aromatic carbocycles. The van der Waals surface area contributed by atoms with Crippen LogP contribution in [-0.2, 0) is 26.3 Å². The Balaban J connectivity index is 1.54. The van der Waals surface area contributed by atoms with E-state index in [-0.39, 0.29) is 12.0 Å². The van der Waals surface area contributed by atoms with Gasteiger partial charge in [0, 0.05) is 41.6 Å². The third-order valence-corrected chi connectivity index (χ3v) is 6.02. The SMILES string of the molecule is O=C(NCc1ccc(Cl)cc1)C(=O)NCC1(c2cccs2)CCOCC1. The molecule has 0 radical (unpaired) electrons. The number of carbonyl (C=O) groups excluding carboxylic acids is 2. The number of benzene rings is 1. The normalized spacial score (nSPS) is 16.0. The summed E-state index contributed by atoms with van der Waals surface area (Å²) in [4.78, 5) is 25.5. The second kappa shape index (κ2) is 8.66. The highest BCUT2D eigenvalue weighted by molar-refractivity contribution is 7.10. The maximum Gasteiger partial charge on any atom is 0.309 e. The maximum atomic E-state index is 12.2. The number of ether oxygens (including phenoxy) is 1. The number of halogens is 1. The van der Waals surface area contributed by atoms with Gasteiger partial charge >= 0.3 is 11.8 Å². The maximum absolute atomic E-state index is 12.2. The van der Waals surface area contributed by atoms with Crippen LogP contribution in [0.5, 0.6) is 0 Å². The summed E-state index contributed by atoms with van der Waals surface area (Å²) in [6.07, 6.45) is 1.67. The Labute approximate surface area is 161 Å². The first-order valence-corrected chi connectivity index (χ1v) is 9.77. The van der Waals surface area contributed by atoms with Crippen molar-refractivity contribution in [2.24, 2.45) is 0 Å². The van der Waals surface area contributed by atoms with Crippen LogP contribution in [0.3, 0.4) is 0 Å². The molecule has 0 atom stereocenters. The van der Waals surface area contributed by atoms with Gasteiger partial charge in [-0.3, -0.25) is 9.59 Å². The number of amides is 2. The van der Waals surface area contributed by atoms with Crippen molar-refractivity contribution in [1.29, 1.82) is 0 Å². The van der Waals surface area contributed by atoms with E-state index in [2.05, 4.69) is 16.7 Å². The Morgan fingerprint density at radius 1 is 1.08 bits per heavy atom. The van der Waals surface area contributed by atoms with E-state index in [9.17, 15) is 9.59 Å². The fraction of sp³-hybridized carbons (Fsp3) is 0.368. The molecule has 2 aromatic rings. The van der Waals surface area contributed by atoms with Gasteiger partial charge in [0.05, 0.1) is 0 Å². The van der Waals surface area contributed by atoms with Gasteiger partial charge in [-0.05, 0) is 42.0 Å². The minimum Gasteiger partial charge on any atom is -0.381 e. The summed E-state index contributed by atoms with van der Waals surface area (Å²) in [6.45, 7) is 2.05. The Bertz CT molecular complexity index is 741. The van der Waals surface area contributed by atoms with Crippen LogP contribution in [0.15, 0.2) is 41.8 Å². The van der Waals surface area contributed by atoms with Gasteiger partial charge in [0.2, 0.25) is 0 Å². The van der Waals surface area contributed by atoms with Gasteiger partial charge in [0.25, 0.3) is 0 Å². The molecule has 3 rings (SSSR count). The minimum absolute atomic E-state index is 0.154. The van der Waals surface area contributed by atoms with Gasteiger partial charge in [0.1, 0.15) is 0 Å². The molecule has 138 valence electrons. The number of hydrogen-bond donors (Lipinski definition) is 2. The van der Waals surface area contributed by atoms with Crippen LogP contribution in [0.2, 0.25) is 5.02 Å². The van der Waals surface area contributed by atoms with E-state index in [1.54, 1.807) is 23.5 Å². The highest BCUT2D eigenvalue weighted by atomic mass is 35.5. The number of thiophene rings is 1. The van der Waals surface area contributed by atoms with Gasteiger partial charge in [-0.15, -0.1) is 11.3 Å². The van der Waals surface area contributed by atoms with Crippen molar-refractivity contribution in [1.82, 2.24) is 10.6 Å². The monoisotopic (exact) mass is 392 g/mol. The van der Waals surface area contributed by atoms with E-state index in [0.29, 0.717) is 24.8 Å². The third kappa shape index (κ3) is 4.63. The van der Waals surface area contributed by atoms with Gasteiger partial charge in [-0.1, -0.05) is 29.8 Å². The molecular weight excluding hydrogens is 372 g/mol.